The Hall–Kier alpha value is -2.05. The van der Waals surface area contributed by atoms with Crippen molar-refractivity contribution in [1.82, 2.24) is 4.90 Å². The summed E-state index contributed by atoms with van der Waals surface area (Å²) in [6.45, 7) is 0.310. The highest BCUT2D eigenvalue weighted by atomic mass is 19.1. The van der Waals surface area contributed by atoms with Crippen LogP contribution in [-0.2, 0) is 9.53 Å². The van der Waals surface area contributed by atoms with E-state index in [1.54, 1.807) is 0 Å². The van der Waals surface area contributed by atoms with Crippen LogP contribution in [0.3, 0.4) is 0 Å². The third-order valence-electron chi connectivity index (χ3n) is 3.46. The number of methoxy groups -OCH3 is 1. The topological polar surface area (TPSA) is 46.6 Å². The molecule has 0 radical (unpaired) electrons. The minimum absolute atomic E-state index is 0.0295. The molecular formula is C14H14F3NO3. The van der Waals surface area contributed by atoms with Crippen molar-refractivity contribution in [3.8, 4) is 0 Å². The Morgan fingerprint density at radius 2 is 1.86 bits per heavy atom. The second-order valence-corrected chi connectivity index (χ2v) is 4.86. The van der Waals surface area contributed by atoms with Crippen LogP contribution in [0.2, 0.25) is 0 Å². The summed E-state index contributed by atoms with van der Waals surface area (Å²) in [6.07, 6.45) is 1.07. The summed E-state index contributed by atoms with van der Waals surface area (Å²) in [7, 11) is 1.24. The molecule has 1 aliphatic heterocycles. The third-order valence-corrected chi connectivity index (χ3v) is 3.46. The zero-order chi connectivity index (χ0) is 15.6. The lowest BCUT2D eigenvalue weighted by Gasteiger charge is -2.31. The van der Waals surface area contributed by atoms with E-state index in [-0.39, 0.29) is 13.1 Å². The summed E-state index contributed by atoms with van der Waals surface area (Å²) in [5.41, 5.74) is -0.804. The fourth-order valence-corrected chi connectivity index (χ4v) is 2.43. The number of carbonyl (C=O) groups excluding carboxylic acids is 2. The fourth-order valence-electron chi connectivity index (χ4n) is 2.43. The van der Waals surface area contributed by atoms with E-state index in [0.29, 0.717) is 25.0 Å². The van der Waals surface area contributed by atoms with Gasteiger partial charge in [0.05, 0.1) is 13.0 Å². The maximum absolute atomic E-state index is 13.6. The molecule has 1 aliphatic rings. The molecule has 0 saturated carbocycles. The summed E-state index contributed by atoms with van der Waals surface area (Å²) in [4.78, 5) is 24.9. The van der Waals surface area contributed by atoms with Crippen LogP contribution < -0.4 is 0 Å². The molecule has 1 amide bonds. The average molecular weight is 301 g/mol. The fraction of sp³-hybridized carbons (Fsp3) is 0.429. The van der Waals surface area contributed by atoms with Crippen molar-refractivity contribution >= 4 is 11.9 Å². The maximum atomic E-state index is 13.6. The number of rotatable bonds is 2. The molecule has 4 nitrogen and oxygen atoms in total. The molecule has 1 aromatic rings. The van der Waals surface area contributed by atoms with E-state index >= 15 is 0 Å². The number of piperidine rings is 1. The highest BCUT2D eigenvalue weighted by Gasteiger charge is 2.32. The van der Waals surface area contributed by atoms with Gasteiger partial charge in [0.15, 0.2) is 0 Å². The smallest absolute Gasteiger partial charge is 0.310 e. The average Bonchev–Trinajstić information content (AvgIpc) is 2.45. The first kappa shape index (κ1) is 15.3. The van der Waals surface area contributed by atoms with Gasteiger partial charge in [0.25, 0.3) is 5.91 Å². The standard InChI is InChI=1S/C14H14F3NO3/c1-21-14(20)8-3-2-4-18(7-8)13(19)12-10(16)5-9(15)6-11(12)17/h5-6,8H,2-4,7H2,1H3. The van der Waals surface area contributed by atoms with E-state index in [0.717, 1.165) is 0 Å². The van der Waals surface area contributed by atoms with Crippen molar-refractivity contribution in [1.29, 1.82) is 0 Å². The number of nitrogens with zero attached hydrogens (tertiary/aromatic N) is 1. The molecule has 1 fully saturated rings. The Bertz CT molecular complexity index is 554. The summed E-state index contributed by atoms with van der Waals surface area (Å²) in [5, 5.41) is 0. The summed E-state index contributed by atoms with van der Waals surface area (Å²) in [6, 6.07) is 0.913. The highest BCUT2D eigenvalue weighted by Crippen LogP contribution is 2.22. The van der Waals surface area contributed by atoms with E-state index < -0.39 is 40.8 Å². The molecule has 0 N–H and O–H groups in total. The first-order chi connectivity index (χ1) is 9.93. The number of esters is 1. The van der Waals surface area contributed by atoms with Gasteiger partial charge in [-0.15, -0.1) is 0 Å². The first-order valence-corrected chi connectivity index (χ1v) is 6.45. The van der Waals surface area contributed by atoms with Crippen LogP contribution in [0, 0.1) is 23.4 Å². The number of halogens is 3. The predicted molar refractivity (Wildman–Crippen MR) is 67.0 cm³/mol. The van der Waals surface area contributed by atoms with Crippen molar-refractivity contribution in [2.24, 2.45) is 5.92 Å². The van der Waals surface area contributed by atoms with Crippen molar-refractivity contribution in [3.05, 3.63) is 35.1 Å². The van der Waals surface area contributed by atoms with Gasteiger partial charge in [-0.25, -0.2) is 13.2 Å². The minimum atomic E-state index is -1.25. The molecule has 21 heavy (non-hydrogen) atoms. The molecular weight excluding hydrogens is 287 g/mol. The summed E-state index contributed by atoms with van der Waals surface area (Å²) < 4.78 is 44.7. The van der Waals surface area contributed by atoms with Crippen molar-refractivity contribution in [2.75, 3.05) is 20.2 Å². The predicted octanol–water partition coefficient (Wildman–Crippen LogP) is 2.13. The molecule has 7 heteroatoms. The molecule has 114 valence electrons. The Balaban J connectivity index is 2.22. The quantitative estimate of drug-likeness (QED) is 0.786. The van der Waals surface area contributed by atoms with Crippen molar-refractivity contribution < 1.29 is 27.5 Å². The third kappa shape index (κ3) is 3.17. The molecule has 1 atom stereocenters. The number of benzene rings is 1. The van der Waals surface area contributed by atoms with Crippen LogP contribution in [0.25, 0.3) is 0 Å². The zero-order valence-electron chi connectivity index (χ0n) is 11.4. The van der Waals surface area contributed by atoms with E-state index in [2.05, 4.69) is 4.74 Å². The van der Waals surface area contributed by atoms with Crippen LogP contribution in [0.4, 0.5) is 13.2 Å². The van der Waals surface area contributed by atoms with Gasteiger partial charge in [0.2, 0.25) is 0 Å². The first-order valence-electron chi connectivity index (χ1n) is 6.45. The van der Waals surface area contributed by atoms with E-state index in [1.165, 1.54) is 12.0 Å². The van der Waals surface area contributed by atoms with Gasteiger partial charge in [0, 0.05) is 25.2 Å². The number of hydrogen-bond donors (Lipinski definition) is 0. The summed E-state index contributed by atoms with van der Waals surface area (Å²) >= 11 is 0. The number of carbonyl (C=O) groups is 2. The van der Waals surface area contributed by atoms with Gasteiger partial charge in [-0.05, 0) is 12.8 Å². The van der Waals surface area contributed by atoms with Crippen LogP contribution in [0.15, 0.2) is 12.1 Å². The lowest BCUT2D eigenvalue weighted by molar-refractivity contribution is -0.146. The van der Waals surface area contributed by atoms with Crippen LogP contribution in [-0.4, -0.2) is 37.0 Å². The van der Waals surface area contributed by atoms with Gasteiger partial charge < -0.3 is 9.64 Å². The van der Waals surface area contributed by atoms with Gasteiger partial charge in [-0.1, -0.05) is 0 Å². The Labute approximate surface area is 119 Å². The van der Waals surface area contributed by atoms with Crippen LogP contribution in [0.1, 0.15) is 23.2 Å². The SMILES string of the molecule is COC(=O)C1CCCN(C(=O)c2c(F)cc(F)cc2F)C1. The summed E-state index contributed by atoms with van der Waals surface area (Å²) in [5.74, 6) is -5.46. The molecule has 0 aromatic heterocycles. The highest BCUT2D eigenvalue weighted by molar-refractivity contribution is 5.95. The maximum Gasteiger partial charge on any atom is 0.310 e. The van der Waals surface area contributed by atoms with Crippen molar-refractivity contribution in [3.63, 3.8) is 0 Å². The number of likely N-dealkylation sites (tertiary alicyclic amines) is 1. The van der Waals surface area contributed by atoms with E-state index in [9.17, 15) is 22.8 Å². The lowest BCUT2D eigenvalue weighted by Crippen LogP contribution is -2.43. The Morgan fingerprint density at radius 3 is 2.43 bits per heavy atom. The molecule has 2 rings (SSSR count). The molecule has 0 bridgehead atoms. The monoisotopic (exact) mass is 301 g/mol. The van der Waals surface area contributed by atoms with Crippen LogP contribution in [0.5, 0.6) is 0 Å². The van der Waals surface area contributed by atoms with Crippen molar-refractivity contribution in [2.45, 2.75) is 12.8 Å². The van der Waals surface area contributed by atoms with Gasteiger partial charge in [-0.2, -0.15) is 0 Å². The second-order valence-electron chi connectivity index (χ2n) is 4.86. The number of amides is 1. The molecule has 0 spiro atoms. The Morgan fingerprint density at radius 1 is 1.24 bits per heavy atom. The lowest BCUT2D eigenvalue weighted by atomic mass is 9.97. The van der Waals surface area contributed by atoms with Gasteiger partial charge in [0.1, 0.15) is 23.0 Å². The van der Waals surface area contributed by atoms with E-state index in [4.69, 9.17) is 0 Å². The molecule has 1 heterocycles. The molecule has 1 saturated heterocycles. The van der Waals surface area contributed by atoms with Gasteiger partial charge in [-0.3, -0.25) is 9.59 Å². The normalized spacial score (nSPS) is 18.5. The largest absolute Gasteiger partial charge is 0.469 e. The Kier molecular flexibility index (Phi) is 4.50. The zero-order valence-corrected chi connectivity index (χ0v) is 11.4. The molecule has 1 aromatic carbocycles. The number of ether oxygens (including phenoxy) is 1. The van der Waals surface area contributed by atoms with E-state index in [1.807, 2.05) is 0 Å². The van der Waals surface area contributed by atoms with Gasteiger partial charge >= 0.3 is 5.97 Å². The minimum Gasteiger partial charge on any atom is -0.469 e. The second kappa shape index (κ2) is 6.15. The molecule has 0 aliphatic carbocycles. The molecule has 1 unspecified atom stereocenters. The van der Waals surface area contributed by atoms with Crippen LogP contribution >= 0.6 is 0 Å². The number of hydrogen-bond acceptors (Lipinski definition) is 3.